The molecule has 0 aliphatic heterocycles. The van der Waals surface area contributed by atoms with Crippen molar-refractivity contribution in [2.24, 2.45) is 12.1 Å². The Morgan fingerprint density at radius 1 is 1.42 bits per heavy atom. The standard InChI is InChI=1S/C13H13ClN4O/c1-9-3-5-10(6-4-9)7-15-16-13(19)12-11(14)8-18(2)17-12/h3-8H,1-2H3,(H,16,19). The lowest BCUT2D eigenvalue weighted by Gasteiger charge is -1.97. The summed E-state index contributed by atoms with van der Waals surface area (Å²) in [6.45, 7) is 2.01. The van der Waals surface area contributed by atoms with Crippen molar-refractivity contribution in [3.63, 3.8) is 0 Å². The molecule has 1 N–H and O–H groups in total. The number of amides is 1. The Kier molecular flexibility index (Phi) is 3.97. The quantitative estimate of drug-likeness (QED) is 0.690. The van der Waals surface area contributed by atoms with Gasteiger partial charge < -0.3 is 0 Å². The number of aryl methyl sites for hydroxylation is 2. The number of carbonyl (C=O) groups is 1. The van der Waals surface area contributed by atoms with E-state index in [4.69, 9.17) is 11.6 Å². The van der Waals surface area contributed by atoms with Crippen LogP contribution in [0.2, 0.25) is 5.02 Å². The van der Waals surface area contributed by atoms with Crippen LogP contribution >= 0.6 is 11.6 Å². The third kappa shape index (κ3) is 3.42. The summed E-state index contributed by atoms with van der Waals surface area (Å²) in [5.74, 6) is -0.436. The average molecular weight is 277 g/mol. The first-order chi connectivity index (χ1) is 9.06. The molecule has 0 saturated heterocycles. The molecule has 19 heavy (non-hydrogen) atoms. The fraction of sp³-hybridized carbons (Fsp3) is 0.154. The van der Waals surface area contributed by atoms with Crippen LogP contribution in [-0.4, -0.2) is 21.9 Å². The molecule has 2 aromatic rings. The fourth-order valence-corrected chi connectivity index (χ4v) is 1.75. The van der Waals surface area contributed by atoms with Gasteiger partial charge in [0.2, 0.25) is 0 Å². The Morgan fingerprint density at radius 3 is 2.68 bits per heavy atom. The Labute approximate surface area is 115 Å². The molecular weight excluding hydrogens is 264 g/mol. The normalized spacial score (nSPS) is 10.9. The Morgan fingerprint density at radius 2 is 2.11 bits per heavy atom. The topological polar surface area (TPSA) is 59.3 Å². The van der Waals surface area contributed by atoms with Crippen LogP contribution in [0.3, 0.4) is 0 Å². The van der Waals surface area contributed by atoms with Crippen LogP contribution in [-0.2, 0) is 7.05 Å². The summed E-state index contributed by atoms with van der Waals surface area (Å²) in [6.07, 6.45) is 3.12. The van der Waals surface area contributed by atoms with E-state index in [1.54, 1.807) is 19.5 Å². The molecule has 5 nitrogen and oxygen atoms in total. The second-order valence-electron chi connectivity index (χ2n) is 4.11. The summed E-state index contributed by atoms with van der Waals surface area (Å²) in [4.78, 5) is 11.7. The molecule has 0 unspecified atom stereocenters. The van der Waals surface area contributed by atoms with E-state index >= 15 is 0 Å². The van der Waals surface area contributed by atoms with E-state index in [-0.39, 0.29) is 5.69 Å². The predicted octanol–water partition coefficient (Wildman–Crippen LogP) is 2.15. The summed E-state index contributed by atoms with van der Waals surface area (Å²) in [7, 11) is 1.69. The molecule has 1 aromatic heterocycles. The van der Waals surface area contributed by atoms with Crippen LogP contribution in [0.1, 0.15) is 21.6 Å². The van der Waals surface area contributed by atoms with Crippen molar-refractivity contribution in [1.82, 2.24) is 15.2 Å². The number of rotatable bonds is 3. The minimum Gasteiger partial charge on any atom is -0.273 e. The van der Waals surface area contributed by atoms with Crippen molar-refractivity contribution in [2.45, 2.75) is 6.92 Å². The Hall–Kier alpha value is -2.14. The Balaban J connectivity index is 2.00. The minimum absolute atomic E-state index is 0.158. The van der Waals surface area contributed by atoms with Crippen molar-refractivity contribution in [2.75, 3.05) is 0 Å². The van der Waals surface area contributed by atoms with Crippen molar-refractivity contribution in [3.8, 4) is 0 Å². The molecule has 2 rings (SSSR count). The van der Waals surface area contributed by atoms with Crippen molar-refractivity contribution < 1.29 is 4.79 Å². The summed E-state index contributed by atoms with van der Waals surface area (Å²) in [5, 5.41) is 8.11. The van der Waals surface area contributed by atoms with E-state index in [2.05, 4.69) is 15.6 Å². The average Bonchev–Trinajstić information content (AvgIpc) is 2.71. The number of nitrogens with zero attached hydrogens (tertiary/aromatic N) is 3. The number of hydrogen-bond acceptors (Lipinski definition) is 3. The highest BCUT2D eigenvalue weighted by molar-refractivity contribution is 6.33. The van der Waals surface area contributed by atoms with Gasteiger partial charge in [0.1, 0.15) is 0 Å². The summed E-state index contributed by atoms with van der Waals surface area (Å²) < 4.78 is 1.47. The van der Waals surface area contributed by atoms with Crippen molar-refractivity contribution in [3.05, 3.63) is 52.3 Å². The molecule has 1 amide bonds. The summed E-state index contributed by atoms with van der Waals surface area (Å²) in [5.41, 5.74) is 4.61. The first kappa shape index (κ1) is 13.3. The molecule has 0 saturated carbocycles. The van der Waals surface area contributed by atoms with E-state index in [1.165, 1.54) is 10.2 Å². The molecule has 6 heteroatoms. The highest BCUT2D eigenvalue weighted by atomic mass is 35.5. The maximum Gasteiger partial charge on any atom is 0.293 e. The molecule has 0 bridgehead atoms. The zero-order valence-electron chi connectivity index (χ0n) is 10.6. The highest BCUT2D eigenvalue weighted by Gasteiger charge is 2.13. The number of halogens is 1. The van der Waals surface area contributed by atoms with Crippen LogP contribution in [0.15, 0.2) is 35.6 Å². The molecule has 0 aliphatic carbocycles. The lowest BCUT2D eigenvalue weighted by molar-refractivity contribution is 0.0949. The third-order valence-electron chi connectivity index (χ3n) is 2.46. The van der Waals surface area contributed by atoms with E-state index in [0.717, 1.165) is 5.56 Å². The van der Waals surface area contributed by atoms with Crippen molar-refractivity contribution >= 4 is 23.7 Å². The number of hydrogen-bond donors (Lipinski definition) is 1. The van der Waals surface area contributed by atoms with Crippen LogP contribution < -0.4 is 5.43 Å². The molecular formula is C13H13ClN4O. The molecule has 1 aromatic carbocycles. The predicted molar refractivity (Wildman–Crippen MR) is 74.5 cm³/mol. The van der Waals surface area contributed by atoms with Gasteiger partial charge in [-0.25, -0.2) is 5.43 Å². The van der Waals surface area contributed by atoms with Crippen LogP contribution in [0, 0.1) is 6.92 Å². The number of benzene rings is 1. The van der Waals surface area contributed by atoms with Gasteiger partial charge in [-0.05, 0) is 12.5 Å². The lowest BCUT2D eigenvalue weighted by atomic mass is 10.2. The maximum atomic E-state index is 11.7. The molecule has 1 heterocycles. The van der Waals surface area contributed by atoms with Gasteiger partial charge in [-0.3, -0.25) is 9.48 Å². The molecule has 0 atom stereocenters. The first-order valence-corrected chi connectivity index (χ1v) is 6.03. The van der Waals surface area contributed by atoms with Crippen LogP contribution in [0.4, 0.5) is 0 Å². The second kappa shape index (κ2) is 5.67. The smallest absolute Gasteiger partial charge is 0.273 e. The lowest BCUT2D eigenvalue weighted by Crippen LogP contribution is -2.18. The van der Waals surface area contributed by atoms with E-state index in [0.29, 0.717) is 5.02 Å². The number of carbonyl (C=O) groups excluding carboxylic acids is 1. The van der Waals surface area contributed by atoms with Crippen molar-refractivity contribution in [1.29, 1.82) is 0 Å². The molecule has 0 fully saturated rings. The van der Waals surface area contributed by atoms with E-state index in [1.807, 2.05) is 31.2 Å². The van der Waals surface area contributed by atoms with Crippen LogP contribution in [0.5, 0.6) is 0 Å². The van der Waals surface area contributed by atoms with Gasteiger partial charge in [0.05, 0.1) is 11.2 Å². The molecule has 0 radical (unpaired) electrons. The largest absolute Gasteiger partial charge is 0.293 e. The highest BCUT2D eigenvalue weighted by Crippen LogP contribution is 2.12. The molecule has 0 spiro atoms. The maximum absolute atomic E-state index is 11.7. The van der Waals surface area contributed by atoms with E-state index < -0.39 is 5.91 Å². The van der Waals surface area contributed by atoms with Gasteiger partial charge in [0, 0.05) is 13.2 Å². The number of nitrogens with one attached hydrogen (secondary N) is 1. The van der Waals surface area contributed by atoms with Gasteiger partial charge in [0.25, 0.3) is 5.91 Å². The van der Waals surface area contributed by atoms with Crippen LogP contribution in [0.25, 0.3) is 0 Å². The second-order valence-corrected chi connectivity index (χ2v) is 4.52. The number of hydrazone groups is 1. The SMILES string of the molecule is Cc1ccc(C=NNC(=O)c2nn(C)cc2Cl)cc1. The monoisotopic (exact) mass is 276 g/mol. The first-order valence-electron chi connectivity index (χ1n) is 5.65. The van der Waals surface area contributed by atoms with Gasteiger partial charge in [-0.1, -0.05) is 41.4 Å². The molecule has 0 aliphatic rings. The zero-order valence-corrected chi connectivity index (χ0v) is 11.3. The number of aromatic nitrogens is 2. The Bertz CT molecular complexity index is 616. The minimum atomic E-state index is -0.436. The van der Waals surface area contributed by atoms with Gasteiger partial charge in [-0.15, -0.1) is 0 Å². The zero-order chi connectivity index (χ0) is 13.8. The van der Waals surface area contributed by atoms with Gasteiger partial charge >= 0.3 is 0 Å². The summed E-state index contributed by atoms with van der Waals surface area (Å²) >= 11 is 5.86. The van der Waals surface area contributed by atoms with Gasteiger partial charge in [-0.2, -0.15) is 10.2 Å². The van der Waals surface area contributed by atoms with E-state index in [9.17, 15) is 4.79 Å². The fourth-order valence-electron chi connectivity index (χ4n) is 1.48. The molecule has 98 valence electrons. The van der Waals surface area contributed by atoms with Gasteiger partial charge in [0.15, 0.2) is 5.69 Å². The third-order valence-corrected chi connectivity index (χ3v) is 2.73. The summed E-state index contributed by atoms with van der Waals surface area (Å²) in [6, 6.07) is 7.77.